The fourth-order valence-electron chi connectivity index (χ4n) is 5.21. The molecule has 0 bridgehead atoms. The van der Waals surface area contributed by atoms with Crippen molar-refractivity contribution in [2.75, 3.05) is 45.9 Å². The van der Waals surface area contributed by atoms with E-state index in [2.05, 4.69) is 18.8 Å². The molecular formula is C27H39N5O5S. The Morgan fingerprint density at radius 3 is 2.47 bits per heavy atom. The van der Waals surface area contributed by atoms with Crippen molar-refractivity contribution in [2.45, 2.75) is 58.3 Å². The van der Waals surface area contributed by atoms with Gasteiger partial charge in [0.05, 0.1) is 23.7 Å². The summed E-state index contributed by atoms with van der Waals surface area (Å²) in [7, 11) is -3.78. The standard InChI is InChI=1S/C27H39N5O5S/c1-5-8-23-21(7-3)19(4)25-27(34)28-26(29-32(23)25)22-18-20(9-10-24(22)37-17-6-2)38(35,36)31-13-11-30(12-14-31)15-16-33/h9-10,18,33H,5-8,11-17H2,1-4H3,(H,28,29,34). The minimum absolute atomic E-state index is 0.0471. The number of aliphatic hydroxyl groups excluding tert-OH is 1. The molecule has 38 heavy (non-hydrogen) atoms. The Hall–Kier alpha value is -2.73. The highest BCUT2D eigenvalue weighted by atomic mass is 32.2. The molecule has 1 aliphatic rings. The highest BCUT2D eigenvalue weighted by Crippen LogP contribution is 2.32. The Balaban J connectivity index is 1.82. The first-order valence-corrected chi connectivity index (χ1v) is 14.9. The van der Waals surface area contributed by atoms with Crippen LogP contribution in [0.4, 0.5) is 0 Å². The number of fused-ring (bicyclic) bond motifs is 1. The Morgan fingerprint density at radius 1 is 1.11 bits per heavy atom. The highest BCUT2D eigenvalue weighted by molar-refractivity contribution is 7.89. The van der Waals surface area contributed by atoms with Gasteiger partial charge in [0.25, 0.3) is 5.56 Å². The first-order chi connectivity index (χ1) is 18.3. The van der Waals surface area contributed by atoms with E-state index >= 15 is 0 Å². The van der Waals surface area contributed by atoms with Crippen LogP contribution in [0.2, 0.25) is 0 Å². The average Bonchev–Trinajstić information content (AvgIpc) is 3.18. The molecule has 2 aromatic heterocycles. The number of hydrogen-bond acceptors (Lipinski definition) is 7. The van der Waals surface area contributed by atoms with Gasteiger partial charge >= 0.3 is 0 Å². The second kappa shape index (κ2) is 12.0. The second-order valence-corrected chi connectivity index (χ2v) is 11.6. The Morgan fingerprint density at radius 2 is 1.84 bits per heavy atom. The summed E-state index contributed by atoms with van der Waals surface area (Å²) in [5.74, 6) is 0.742. The number of rotatable bonds is 11. The molecule has 11 heteroatoms. The molecule has 2 N–H and O–H groups in total. The van der Waals surface area contributed by atoms with Crippen LogP contribution in [0.25, 0.3) is 16.9 Å². The van der Waals surface area contributed by atoms with Gasteiger partial charge in [-0.15, -0.1) is 5.10 Å². The molecule has 0 aliphatic carbocycles. The van der Waals surface area contributed by atoms with Crippen LogP contribution >= 0.6 is 0 Å². The van der Waals surface area contributed by atoms with Crippen LogP contribution in [0, 0.1) is 6.92 Å². The summed E-state index contributed by atoms with van der Waals surface area (Å²) in [6.45, 7) is 10.9. The molecule has 3 aromatic rings. The molecular weight excluding hydrogens is 506 g/mol. The van der Waals surface area contributed by atoms with Crippen LogP contribution in [0.3, 0.4) is 0 Å². The van der Waals surface area contributed by atoms with Crippen molar-refractivity contribution in [3.05, 3.63) is 45.4 Å². The minimum atomic E-state index is -3.78. The number of nitrogens with one attached hydrogen (secondary N) is 1. The van der Waals surface area contributed by atoms with Gasteiger partial charge in [0, 0.05) is 38.4 Å². The highest BCUT2D eigenvalue weighted by Gasteiger charge is 2.30. The Labute approximate surface area is 224 Å². The number of hydrogen-bond donors (Lipinski definition) is 2. The van der Waals surface area contributed by atoms with Gasteiger partial charge in [0.2, 0.25) is 10.0 Å². The van der Waals surface area contributed by atoms with Crippen LogP contribution in [0.5, 0.6) is 5.75 Å². The quantitative estimate of drug-likeness (QED) is 0.380. The number of sulfonamides is 1. The lowest BCUT2D eigenvalue weighted by atomic mass is 10.1. The van der Waals surface area contributed by atoms with Crippen molar-refractivity contribution in [3.8, 4) is 17.1 Å². The number of aryl methyl sites for hydroxylation is 2. The lowest BCUT2D eigenvalue weighted by Crippen LogP contribution is -2.49. The zero-order chi connectivity index (χ0) is 27.4. The van der Waals surface area contributed by atoms with Gasteiger partial charge in [-0.3, -0.25) is 9.69 Å². The average molecular weight is 546 g/mol. The monoisotopic (exact) mass is 545 g/mol. The topological polar surface area (TPSA) is 120 Å². The van der Waals surface area contributed by atoms with Gasteiger partial charge in [-0.25, -0.2) is 12.9 Å². The summed E-state index contributed by atoms with van der Waals surface area (Å²) in [6, 6.07) is 4.76. The van der Waals surface area contributed by atoms with Crippen molar-refractivity contribution in [1.82, 2.24) is 23.8 Å². The van der Waals surface area contributed by atoms with Crippen molar-refractivity contribution >= 4 is 15.5 Å². The summed E-state index contributed by atoms with van der Waals surface area (Å²) in [5, 5.41) is 14.0. The number of piperazine rings is 1. The van der Waals surface area contributed by atoms with E-state index in [1.807, 2.05) is 18.7 Å². The van der Waals surface area contributed by atoms with E-state index in [9.17, 15) is 18.3 Å². The molecule has 10 nitrogen and oxygen atoms in total. The predicted molar refractivity (Wildman–Crippen MR) is 147 cm³/mol. The third-order valence-corrected chi connectivity index (χ3v) is 9.06. The maximum absolute atomic E-state index is 13.6. The minimum Gasteiger partial charge on any atom is -0.493 e. The van der Waals surface area contributed by atoms with Gasteiger partial charge in [-0.1, -0.05) is 27.2 Å². The largest absolute Gasteiger partial charge is 0.493 e. The Bertz CT molecular complexity index is 1440. The summed E-state index contributed by atoms with van der Waals surface area (Å²) in [5.41, 5.74) is 3.75. The van der Waals surface area contributed by atoms with Gasteiger partial charge in [0.1, 0.15) is 11.3 Å². The second-order valence-electron chi connectivity index (χ2n) is 9.69. The van der Waals surface area contributed by atoms with Crippen molar-refractivity contribution in [3.63, 3.8) is 0 Å². The van der Waals surface area contributed by atoms with Crippen LogP contribution < -0.4 is 10.3 Å². The Kier molecular flexibility index (Phi) is 8.92. The normalized spacial score (nSPS) is 15.4. The first-order valence-electron chi connectivity index (χ1n) is 13.5. The fraction of sp³-hybridized carbons (Fsp3) is 0.556. The number of ether oxygens (including phenoxy) is 1. The van der Waals surface area contributed by atoms with Crippen LogP contribution in [0.1, 0.15) is 50.4 Å². The molecule has 4 rings (SSSR count). The lowest BCUT2D eigenvalue weighted by Gasteiger charge is -2.33. The maximum Gasteiger partial charge on any atom is 0.275 e. The predicted octanol–water partition coefficient (Wildman–Crippen LogP) is 2.60. The molecule has 1 aliphatic heterocycles. The van der Waals surface area contributed by atoms with Gasteiger partial charge in [-0.2, -0.15) is 4.31 Å². The molecule has 0 radical (unpaired) electrons. The molecule has 0 spiro atoms. The molecule has 1 saturated heterocycles. The number of aromatic amines is 1. The molecule has 1 aromatic carbocycles. The van der Waals surface area contributed by atoms with E-state index in [0.717, 1.165) is 42.5 Å². The molecule has 3 heterocycles. The van der Waals surface area contributed by atoms with Crippen molar-refractivity contribution in [2.24, 2.45) is 0 Å². The summed E-state index contributed by atoms with van der Waals surface area (Å²) < 4.78 is 36.3. The van der Waals surface area contributed by atoms with Crippen molar-refractivity contribution in [1.29, 1.82) is 0 Å². The fourth-order valence-corrected chi connectivity index (χ4v) is 6.66. The van der Waals surface area contributed by atoms with Crippen LogP contribution in [-0.2, 0) is 22.9 Å². The van der Waals surface area contributed by atoms with Gasteiger partial charge < -0.3 is 14.8 Å². The van der Waals surface area contributed by atoms with E-state index in [4.69, 9.17) is 9.84 Å². The number of β-amino-alcohol motifs (C(OH)–C–C–N with tert-alkyl or cyclic N) is 1. The third kappa shape index (κ3) is 5.38. The summed E-state index contributed by atoms with van der Waals surface area (Å²) in [4.78, 5) is 18.4. The maximum atomic E-state index is 13.6. The molecule has 208 valence electrons. The van der Waals surface area contributed by atoms with E-state index < -0.39 is 10.0 Å². The number of benzene rings is 1. The SMILES string of the molecule is CCCOc1ccc(S(=O)(=O)N2CCN(CCO)CC2)cc1-c1nn2c(CCC)c(CC)c(C)c2c(=O)[nH]1. The lowest BCUT2D eigenvalue weighted by molar-refractivity contribution is 0.151. The third-order valence-electron chi connectivity index (χ3n) is 7.16. The summed E-state index contributed by atoms with van der Waals surface area (Å²) in [6.07, 6.45) is 3.26. The molecule has 1 fully saturated rings. The van der Waals surface area contributed by atoms with Gasteiger partial charge in [-0.05, 0) is 55.5 Å². The van der Waals surface area contributed by atoms with E-state index in [1.54, 1.807) is 22.7 Å². The number of aromatic nitrogens is 3. The van der Waals surface area contributed by atoms with Crippen LogP contribution in [0.15, 0.2) is 27.9 Å². The molecule has 0 amide bonds. The molecule has 0 saturated carbocycles. The van der Waals surface area contributed by atoms with Gasteiger partial charge in [0.15, 0.2) is 5.82 Å². The first kappa shape index (κ1) is 28.3. The smallest absolute Gasteiger partial charge is 0.275 e. The molecule has 0 unspecified atom stereocenters. The number of H-pyrrole nitrogens is 1. The van der Waals surface area contributed by atoms with E-state index in [0.29, 0.717) is 56.2 Å². The van der Waals surface area contributed by atoms with Crippen LogP contribution in [-0.4, -0.2) is 83.3 Å². The number of nitrogens with zero attached hydrogens (tertiary/aromatic N) is 4. The van der Waals surface area contributed by atoms with E-state index in [1.165, 1.54) is 4.31 Å². The van der Waals surface area contributed by atoms with Crippen molar-refractivity contribution < 1.29 is 18.3 Å². The zero-order valence-corrected chi connectivity index (χ0v) is 23.6. The zero-order valence-electron chi connectivity index (χ0n) is 22.8. The summed E-state index contributed by atoms with van der Waals surface area (Å²) >= 11 is 0. The molecule has 0 atom stereocenters. The number of aliphatic hydroxyl groups is 1. The van der Waals surface area contributed by atoms with E-state index in [-0.39, 0.29) is 22.9 Å².